The van der Waals surface area contributed by atoms with Crippen LogP contribution in [-0.4, -0.2) is 24.9 Å². The number of amides is 2. The summed E-state index contributed by atoms with van der Waals surface area (Å²) in [6.07, 6.45) is -4.62. The van der Waals surface area contributed by atoms with E-state index in [0.717, 1.165) is 6.07 Å². The van der Waals surface area contributed by atoms with Crippen molar-refractivity contribution in [1.29, 1.82) is 0 Å². The van der Waals surface area contributed by atoms with E-state index in [9.17, 15) is 22.8 Å². The van der Waals surface area contributed by atoms with Gasteiger partial charge in [-0.25, -0.2) is 0 Å². The summed E-state index contributed by atoms with van der Waals surface area (Å²) in [7, 11) is 0. The van der Waals surface area contributed by atoms with Crippen LogP contribution in [-0.2, 0) is 15.8 Å². The minimum Gasteiger partial charge on any atom is -0.346 e. The lowest BCUT2D eigenvalue weighted by atomic mass is 10.2. The molecule has 0 unspecified atom stereocenters. The number of halogens is 4. The molecule has 0 aliphatic heterocycles. The monoisotopic (exact) mass is 309 g/mol. The molecule has 0 bridgehead atoms. The maximum absolute atomic E-state index is 12.6. The van der Waals surface area contributed by atoms with Gasteiger partial charge in [0, 0.05) is 5.69 Å². The molecule has 2 amide bonds. The summed E-state index contributed by atoms with van der Waals surface area (Å²) in [6.45, 7) is -0.674. The lowest BCUT2D eigenvalue weighted by molar-refractivity contribution is -0.137. The number of carbonyl (C=O) groups is 2. The molecule has 0 saturated carbocycles. The molecule has 9 heteroatoms. The molecular formula is C11H11ClF3N3O2. The van der Waals surface area contributed by atoms with E-state index in [1.807, 2.05) is 0 Å². The van der Waals surface area contributed by atoms with Gasteiger partial charge in [-0.3, -0.25) is 9.59 Å². The van der Waals surface area contributed by atoms with E-state index in [-0.39, 0.29) is 18.8 Å². The Morgan fingerprint density at radius 3 is 2.45 bits per heavy atom. The standard InChI is InChI=1S/C11H11ClF3N3O2/c12-8-2-1-6(3-7(8)11(13,14)15)18-10(20)5-17-9(19)4-16/h1-3H,4-5,16H2,(H,17,19)(H,18,20). The third kappa shape index (κ3) is 4.71. The van der Waals surface area contributed by atoms with Crippen molar-refractivity contribution in [2.75, 3.05) is 18.4 Å². The molecular weight excluding hydrogens is 299 g/mol. The Kier molecular flexibility index (Phi) is 5.34. The van der Waals surface area contributed by atoms with Gasteiger partial charge >= 0.3 is 6.18 Å². The molecule has 0 radical (unpaired) electrons. The second kappa shape index (κ2) is 6.58. The van der Waals surface area contributed by atoms with Gasteiger partial charge in [-0.15, -0.1) is 0 Å². The van der Waals surface area contributed by atoms with E-state index in [1.54, 1.807) is 0 Å². The molecule has 5 nitrogen and oxygen atoms in total. The van der Waals surface area contributed by atoms with Gasteiger partial charge in [0.1, 0.15) is 0 Å². The van der Waals surface area contributed by atoms with Gasteiger partial charge in [-0.1, -0.05) is 11.6 Å². The van der Waals surface area contributed by atoms with Crippen LogP contribution in [0, 0.1) is 0 Å². The van der Waals surface area contributed by atoms with Crippen molar-refractivity contribution >= 4 is 29.1 Å². The third-order valence-electron chi connectivity index (χ3n) is 2.19. The van der Waals surface area contributed by atoms with Crippen molar-refractivity contribution in [2.24, 2.45) is 5.73 Å². The fourth-order valence-electron chi connectivity index (χ4n) is 1.28. The van der Waals surface area contributed by atoms with Gasteiger partial charge in [0.2, 0.25) is 11.8 Å². The smallest absolute Gasteiger partial charge is 0.346 e. The molecule has 0 saturated heterocycles. The Hall–Kier alpha value is -1.80. The Balaban J connectivity index is 2.74. The molecule has 110 valence electrons. The van der Waals surface area contributed by atoms with Crippen molar-refractivity contribution in [3.05, 3.63) is 28.8 Å². The molecule has 0 fully saturated rings. The van der Waals surface area contributed by atoms with Gasteiger partial charge in [-0.05, 0) is 18.2 Å². The molecule has 0 atom stereocenters. The third-order valence-corrected chi connectivity index (χ3v) is 2.52. The number of nitrogens with one attached hydrogen (secondary N) is 2. The zero-order chi connectivity index (χ0) is 15.3. The number of anilines is 1. The summed E-state index contributed by atoms with van der Waals surface area (Å²) in [4.78, 5) is 22.2. The van der Waals surface area contributed by atoms with E-state index in [0.29, 0.717) is 6.07 Å². The first-order valence-corrected chi connectivity index (χ1v) is 5.75. The Morgan fingerprint density at radius 1 is 1.25 bits per heavy atom. The predicted molar refractivity (Wildman–Crippen MR) is 67.1 cm³/mol. The number of carbonyl (C=O) groups excluding carboxylic acids is 2. The highest BCUT2D eigenvalue weighted by Crippen LogP contribution is 2.36. The Bertz CT molecular complexity index is 520. The quantitative estimate of drug-likeness (QED) is 0.785. The number of rotatable bonds is 4. The van der Waals surface area contributed by atoms with Crippen LogP contribution in [0.5, 0.6) is 0 Å². The van der Waals surface area contributed by atoms with Crippen LogP contribution in [0.3, 0.4) is 0 Å². The minimum atomic E-state index is -4.62. The van der Waals surface area contributed by atoms with E-state index in [4.69, 9.17) is 17.3 Å². The lowest BCUT2D eigenvalue weighted by Crippen LogP contribution is -2.36. The van der Waals surface area contributed by atoms with Crippen LogP contribution in [0.4, 0.5) is 18.9 Å². The van der Waals surface area contributed by atoms with Gasteiger partial charge in [-0.2, -0.15) is 13.2 Å². The van der Waals surface area contributed by atoms with Gasteiger partial charge in [0.25, 0.3) is 0 Å². The van der Waals surface area contributed by atoms with Crippen molar-refractivity contribution < 1.29 is 22.8 Å². The molecule has 1 aromatic rings. The highest BCUT2D eigenvalue weighted by Gasteiger charge is 2.33. The van der Waals surface area contributed by atoms with Crippen LogP contribution in [0.2, 0.25) is 5.02 Å². The van der Waals surface area contributed by atoms with Crippen LogP contribution < -0.4 is 16.4 Å². The summed E-state index contributed by atoms with van der Waals surface area (Å²) in [5.74, 6) is -1.23. The first-order valence-electron chi connectivity index (χ1n) is 5.37. The van der Waals surface area contributed by atoms with E-state index >= 15 is 0 Å². The van der Waals surface area contributed by atoms with Gasteiger partial charge in [0.15, 0.2) is 0 Å². The van der Waals surface area contributed by atoms with Gasteiger partial charge in [0.05, 0.1) is 23.7 Å². The maximum Gasteiger partial charge on any atom is 0.417 e. The summed E-state index contributed by atoms with van der Waals surface area (Å²) < 4.78 is 37.8. The van der Waals surface area contributed by atoms with Crippen molar-refractivity contribution in [2.45, 2.75) is 6.18 Å². The summed E-state index contributed by atoms with van der Waals surface area (Å²) in [6, 6.07) is 2.96. The topological polar surface area (TPSA) is 84.2 Å². The molecule has 1 aromatic carbocycles. The largest absolute Gasteiger partial charge is 0.417 e. The summed E-state index contributed by atoms with van der Waals surface area (Å²) >= 11 is 5.44. The summed E-state index contributed by atoms with van der Waals surface area (Å²) in [5.41, 5.74) is 3.88. The fraction of sp³-hybridized carbons (Fsp3) is 0.273. The molecule has 1 rings (SSSR count). The highest BCUT2D eigenvalue weighted by atomic mass is 35.5. The first-order chi connectivity index (χ1) is 9.24. The fourth-order valence-corrected chi connectivity index (χ4v) is 1.50. The van der Waals surface area contributed by atoms with Crippen LogP contribution in [0.15, 0.2) is 18.2 Å². The average molecular weight is 310 g/mol. The normalized spacial score (nSPS) is 11.1. The second-order valence-corrected chi connectivity index (χ2v) is 4.13. The Morgan fingerprint density at radius 2 is 1.90 bits per heavy atom. The van der Waals surface area contributed by atoms with Crippen molar-refractivity contribution in [3.63, 3.8) is 0 Å². The zero-order valence-corrected chi connectivity index (χ0v) is 10.8. The zero-order valence-electron chi connectivity index (χ0n) is 10.1. The van der Waals surface area contributed by atoms with E-state index in [2.05, 4.69) is 10.6 Å². The average Bonchev–Trinajstić information content (AvgIpc) is 2.37. The molecule has 0 aliphatic carbocycles. The Labute approximate surface area is 117 Å². The number of hydrogen-bond acceptors (Lipinski definition) is 3. The minimum absolute atomic E-state index is 0.0753. The maximum atomic E-state index is 12.6. The molecule has 0 aliphatic rings. The van der Waals surface area contributed by atoms with Gasteiger partial charge < -0.3 is 16.4 Å². The number of nitrogens with two attached hydrogens (primary N) is 1. The molecule has 0 spiro atoms. The van der Waals surface area contributed by atoms with Crippen LogP contribution >= 0.6 is 11.6 Å². The van der Waals surface area contributed by atoms with E-state index in [1.165, 1.54) is 6.07 Å². The predicted octanol–water partition coefficient (Wildman–Crippen LogP) is 1.37. The second-order valence-electron chi connectivity index (χ2n) is 3.72. The van der Waals surface area contributed by atoms with Crippen molar-refractivity contribution in [3.8, 4) is 0 Å². The van der Waals surface area contributed by atoms with Crippen LogP contribution in [0.25, 0.3) is 0 Å². The number of benzene rings is 1. The van der Waals surface area contributed by atoms with E-state index < -0.39 is 28.6 Å². The molecule has 4 N–H and O–H groups in total. The SMILES string of the molecule is NCC(=O)NCC(=O)Nc1ccc(Cl)c(C(F)(F)F)c1. The summed E-state index contributed by atoms with van der Waals surface area (Å²) in [5, 5.41) is 3.93. The first kappa shape index (κ1) is 16.3. The molecule has 0 heterocycles. The molecule has 20 heavy (non-hydrogen) atoms. The number of alkyl halides is 3. The van der Waals surface area contributed by atoms with Crippen molar-refractivity contribution in [1.82, 2.24) is 5.32 Å². The number of hydrogen-bond donors (Lipinski definition) is 3. The lowest BCUT2D eigenvalue weighted by Gasteiger charge is -2.12. The van der Waals surface area contributed by atoms with Crippen LogP contribution in [0.1, 0.15) is 5.56 Å². The highest BCUT2D eigenvalue weighted by molar-refractivity contribution is 6.31. The molecule has 0 aromatic heterocycles.